The van der Waals surface area contributed by atoms with Gasteiger partial charge in [-0.05, 0) is 24.1 Å². The quantitative estimate of drug-likeness (QED) is 0.484. The number of benzene rings is 1. The third-order valence-electron chi connectivity index (χ3n) is 5.30. The van der Waals surface area contributed by atoms with Crippen molar-refractivity contribution in [3.63, 3.8) is 0 Å². The molecule has 0 amide bonds. The highest BCUT2D eigenvalue weighted by atomic mass is 32.2. The molecular formula is C20H18FN5O4S2. The fourth-order valence-corrected chi connectivity index (χ4v) is 6.23. The zero-order chi connectivity index (χ0) is 22.6. The van der Waals surface area contributed by atoms with Gasteiger partial charge in [0.1, 0.15) is 16.6 Å². The highest BCUT2D eigenvalue weighted by Gasteiger charge is 2.32. The standard InChI is InChI=1S/C20H18FN5O4S2/c1-24-11-15(25-7-2-8-32(25,29)30)26-19(28)17(27)16(23-20(24)26)18-22-10-14(31-18)9-12-3-5-13(21)6-4-12/h3-6,10-11,27H,2,7-9H2,1H3. The topological polar surface area (TPSA) is 110 Å². The molecule has 0 spiro atoms. The summed E-state index contributed by atoms with van der Waals surface area (Å²) in [5, 5.41) is 11.0. The van der Waals surface area contributed by atoms with Gasteiger partial charge >= 0.3 is 5.56 Å². The lowest BCUT2D eigenvalue weighted by atomic mass is 10.1. The normalized spacial score (nSPS) is 15.6. The Morgan fingerprint density at radius 2 is 2.00 bits per heavy atom. The summed E-state index contributed by atoms with van der Waals surface area (Å²) < 4.78 is 41.7. The van der Waals surface area contributed by atoms with Gasteiger partial charge in [0.25, 0.3) is 0 Å². The van der Waals surface area contributed by atoms with E-state index in [0.29, 0.717) is 17.8 Å². The van der Waals surface area contributed by atoms with E-state index in [0.717, 1.165) is 14.8 Å². The average molecular weight is 476 g/mol. The third-order valence-corrected chi connectivity index (χ3v) is 8.15. The van der Waals surface area contributed by atoms with Crippen LogP contribution in [0.5, 0.6) is 5.75 Å². The van der Waals surface area contributed by atoms with Crippen LogP contribution in [0.15, 0.2) is 41.5 Å². The summed E-state index contributed by atoms with van der Waals surface area (Å²) >= 11 is 1.26. The molecular weight excluding hydrogens is 457 g/mol. The van der Waals surface area contributed by atoms with Gasteiger partial charge in [-0.3, -0.25) is 9.10 Å². The monoisotopic (exact) mass is 475 g/mol. The van der Waals surface area contributed by atoms with Crippen molar-refractivity contribution in [2.24, 2.45) is 7.05 Å². The predicted molar refractivity (Wildman–Crippen MR) is 118 cm³/mol. The van der Waals surface area contributed by atoms with Crippen molar-refractivity contribution in [3.8, 4) is 16.5 Å². The van der Waals surface area contributed by atoms with Crippen molar-refractivity contribution in [1.29, 1.82) is 0 Å². The van der Waals surface area contributed by atoms with Crippen LogP contribution < -0.4 is 9.86 Å². The second kappa shape index (κ2) is 7.41. The number of nitrogens with zero attached hydrogens (tertiary/aromatic N) is 5. The number of thiazole rings is 1. The number of aryl methyl sites for hydroxylation is 1. The molecule has 32 heavy (non-hydrogen) atoms. The smallest absolute Gasteiger partial charge is 0.303 e. The van der Waals surface area contributed by atoms with E-state index in [1.54, 1.807) is 29.9 Å². The number of hydrogen-bond acceptors (Lipinski definition) is 7. The molecule has 0 bridgehead atoms. The lowest BCUT2D eigenvalue weighted by Crippen LogP contribution is -2.29. The molecule has 0 aliphatic carbocycles. The molecule has 1 saturated heterocycles. The van der Waals surface area contributed by atoms with E-state index in [9.17, 15) is 22.7 Å². The number of imidazole rings is 1. The van der Waals surface area contributed by atoms with E-state index < -0.39 is 21.3 Å². The van der Waals surface area contributed by atoms with Crippen LogP contribution in [0.2, 0.25) is 0 Å². The number of aromatic hydroxyl groups is 1. The summed E-state index contributed by atoms with van der Waals surface area (Å²) in [5.41, 5.74) is 0.161. The minimum absolute atomic E-state index is 0.00554. The van der Waals surface area contributed by atoms with E-state index >= 15 is 0 Å². The van der Waals surface area contributed by atoms with Crippen LogP contribution in [0.25, 0.3) is 16.5 Å². The zero-order valence-corrected chi connectivity index (χ0v) is 18.5. The number of rotatable bonds is 4. The zero-order valence-electron chi connectivity index (χ0n) is 16.9. The van der Waals surface area contributed by atoms with Crippen molar-refractivity contribution >= 4 is 33.0 Å². The fourth-order valence-electron chi connectivity index (χ4n) is 3.76. The largest absolute Gasteiger partial charge is 0.501 e. The van der Waals surface area contributed by atoms with Crippen molar-refractivity contribution in [1.82, 2.24) is 18.9 Å². The number of fused-ring (bicyclic) bond motifs is 1. The molecule has 166 valence electrons. The Bertz CT molecular complexity index is 1510. The average Bonchev–Trinajstić information content (AvgIpc) is 3.43. The molecule has 5 rings (SSSR count). The first-order valence-electron chi connectivity index (χ1n) is 9.75. The Hall–Kier alpha value is -3.25. The van der Waals surface area contributed by atoms with Crippen molar-refractivity contribution in [3.05, 3.63) is 63.3 Å². The minimum atomic E-state index is -3.52. The van der Waals surface area contributed by atoms with Gasteiger partial charge in [0, 0.05) is 37.3 Å². The molecule has 1 aliphatic rings. The van der Waals surface area contributed by atoms with Crippen molar-refractivity contribution < 1.29 is 17.9 Å². The van der Waals surface area contributed by atoms with Crippen LogP contribution in [-0.2, 0) is 23.5 Å². The SMILES string of the molecule is Cn1cc(N2CCCS2(=O)=O)n2c(=O)c(O)c(-c3ncc(Cc4ccc(F)cc4)s3)nc12. The lowest BCUT2D eigenvalue weighted by molar-refractivity contribution is 0.464. The molecule has 0 unspecified atom stereocenters. The van der Waals surface area contributed by atoms with E-state index in [-0.39, 0.29) is 35.4 Å². The van der Waals surface area contributed by atoms with Crippen molar-refractivity contribution in [2.45, 2.75) is 12.8 Å². The predicted octanol–water partition coefficient (Wildman–Crippen LogP) is 2.13. The van der Waals surface area contributed by atoms with Gasteiger partial charge in [0.2, 0.25) is 21.6 Å². The van der Waals surface area contributed by atoms with Crippen LogP contribution in [0.4, 0.5) is 10.2 Å². The Balaban J connectivity index is 1.57. The highest BCUT2D eigenvalue weighted by Crippen LogP contribution is 2.32. The molecule has 0 radical (unpaired) electrons. The van der Waals surface area contributed by atoms with Crippen LogP contribution in [-0.4, -0.2) is 44.8 Å². The Kier molecular flexibility index (Phi) is 4.78. The van der Waals surface area contributed by atoms with Crippen LogP contribution >= 0.6 is 11.3 Å². The van der Waals surface area contributed by atoms with Gasteiger partial charge in [-0.25, -0.2) is 27.2 Å². The molecule has 12 heteroatoms. The number of halogens is 1. The van der Waals surface area contributed by atoms with E-state index in [4.69, 9.17) is 0 Å². The summed E-state index contributed by atoms with van der Waals surface area (Å²) in [6.07, 6.45) is 4.11. The van der Waals surface area contributed by atoms with Gasteiger partial charge in [0.05, 0.1) is 5.75 Å². The van der Waals surface area contributed by atoms with Gasteiger partial charge < -0.3 is 9.67 Å². The second-order valence-corrected chi connectivity index (χ2v) is 10.7. The first kappa shape index (κ1) is 20.6. The summed E-state index contributed by atoms with van der Waals surface area (Å²) in [7, 11) is -1.87. The molecule has 1 fully saturated rings. The Morgan fingerprint density at radius 1 is 1.25 bits per heavy atom. The van der Waals surface area contributed by atoms with Gasteiger partial charge in [0.15, 0.2) is 5.69 Å². The maximum Gasteiger partial charge on any atom is 0.303 e. The maximum absolute atomic E-state index is 13.1. The number of hydrogen-bond donors (Lipinski definition) is 1. The van der Waals surface area contributed by atoms with Crippen molar-refractivity contribution in [2.75, 3.05) is 16.6 Å². The van der Waals surface area contributed by atoms with Gasteiger partial charge in [-0.1, -0.05) is 12.1 Å². The first-order chi connectivity index (χ1) is 15.2. The number of aromatic nitrogens is 4. The Morgan fingerprint density at radius 3 is 2.69 bits per heavy atom. The molecule has 9 nitrogen and oxygen atoms in total. The van der Waals surface area contributed by atoms with E-state index in [1.165, 1.54) is 34.0 Å². The minimum Gasteiger partial charge on any atom is -0.501 e. The fraction of sp³-hybridized carbons (Fsp3) is 0.250. The molecule has 1 N–H and O–H groups in total. The lowest BCUT2D eigenvalue weighted by Gasteiger charge is -2.15. The molecule has 4 heterocycles. The third kappa shape index (κ3) is 3.35. The Labute approximate surface area is 186 Å². The summed E-state index contributed by atoms with van der Waals surface area (Å²) in [6.45, 7) is 0.260. The van der Waals surface area contributed by atoms with Crippen LogP contribution in [0.3, 0.4) is 0 Å². The van der Waals surface area contributed by atoms with Crippen LogP contribution in [0, 0.1) is 5.82 Å². The summed E-state index contributed by atoms with van der Waals surface area (Å²) in [4.78, 5) is 22.6. The second-order valence-electron chi connectivity index (χ2n) is 7.52. The molecule has 4 aromatic rings. The molecule has 1 aromatic carbocycles. The van der Waals surface area contributed by atoms with Gasteiger partial charge in [-0.2, -0.15) is 0 Å². The number of anilines is 1. The molecule has 3 aromatic heterocycles. The maximum atomic E-state index is 13.1. The number of sulfonamides is 1. The first-order valence-corrected chi connectivity index (χ1v) is 12.2. The van der Waals surface area contributed by atoms with Gasteiger partial charge in [-0.15, -0.1) is 11.3 Å². The van der Waals surface area contributed by atoms with Crippen LogP contribution in [0.1, 0.15) is 16.9 Å². The molecule has 0 atom stereocenters. The molecule has 1 aliphatic heterocycles. The molecule has 0 saturated carbocycles. The van der Waals surface area contributed by atoms with E-state index in [2.05, 4.69) is 9.97 Å². The summed E-state index contributed by atoms with van der Waals surface area (Å²) in [5.74, 6) is -0.573. The summed E-state index contributed by atoms with van der Waals surface area (Å²) in [6, 6.07) is 6.13. The van der Waals surface area contributed by atoms with E-state index in [1.807, 2.05) is 0 Å². The highest BCUT2D eigenvalue weighted by molar-refractivity contribution is 7.93.